The van der Waals surface area contributed by atoms with Gasteiger partial charge in [-0.2, -0.15) is 5.10 Å². The molecule has 1 fully saturated rings. The lowest BCUT2D eigenvalue weighted by Gasteiger charge is -2.32. The summed E-state index contributed by atoms with van der Waals surface area (Å²) < 4.78 is 16.1. The number of hydrogen-bond acceptors (Lipinski definition) is 2. The number of halogens is 1. The van der Waals surface area contributed by atoms with Gasteiger partial charge >= 0.3 is 0 Å². The number of aryl methyl sites for hydroxylation is 1. The number of nitrogens with one attached hydrogen (secondary N) is 1. The number of carbonyl (C=O) groups is 1. The molecule has 0 bridgehead atoms. The number of fused-ring (bicyclic) bond motifs is 1. The highest BCUT2D eigenvalue weighted by molar-refractivity contribution is 5.85. The van der Waals surface area contributed by atoms with Gasteiger partial charge < -0.3 is 9.47 Å². The van der Waals surface area contributed by atoms with Crippen LogP contribution in [-0.4, -0.2) is 38.7 Å². The summed E-state index contributed by atoms with van der Waals surface area (Å²) in [6, 6.07) is 15.4. The van der Waals surface area contributed by atoms with E-state index in [9.17, 15) is 9.18 Å². The number of hydrogen-bond donors (Lipinski definition) is 1. The van der Waals surface area contributed by atoms with E-state index in [2.05, 4.69) is 45.2 Å². The Balaban J connectivity index is 1.16. The molecule has 0 aliphatic carbocycles. The van der Waals surface area contributed by atoms with Crippen molar-refractivity contribution in [3.63, 3.8) is 0 Å². The Morgan fingerprint density at radius 3 is 2.72 bits per heavy atom. The van der Waals surface area contributed by atoms with Gasteiger partial charge in [0.15, 0.2) is 0 Å². The number of carbonyl (C=O) groups excluding carboxylic acids is 1. The molecule has 1 N–H and O–H groups in total. The molecule has 2 aromatic heterocycles. The first-order valence-electron chi connectivity index (χ1n) is 11.3. The van der Waals surface area contributed by atoms with Crippen LogP contribution in [0.5, 0.6) is 0 Å². The Morgan fingerprint density at radius 2 is 1.94 bits per heavy atom. The van der Waals surface area contributed by atoms with Gasteiger partial charge in [-0.15, -0.1) is 0 Å². The predicted molar refractivity (Wildman–Crippen MR) is 124 cm³/mol. The fourth-order valence-electron chi connectivity index (χ4n) is 4.69. The molecule has 0 unspecified atom stereocenters. The third-order valence-corrected chi connectivity index (χ3v) is 6.59. The minimum Gasteiger partial charge on any atom is -0.347 e. The van der Waals surface area contributed by atoms with Crippen LogP contribution in [0, 0.1) is 11.7 Å². The second-order valence-electron chi connectivity index (χ2n) is 8.64. The minimum atomic E-state index is -0.227. The predicted octanol–water partition coefficient (Wildman–Crippen LogP) is 5.04. The summed E-state index contributed by atoms with van der Waals surface area (Å²) >= 11 is 0. The van der Waals surface area contributed by atoms with Gasteiger partial charge in [-0.05, 0) is 60.6 Å². The molecule has 32 heavy (non-hydrogen) atoms. The highest BCUT2D eigenvalue weighted by Crippen LogP contribution is 2.27. The van der Waals surface area contributed by atoms with Crippen LogP contribution < -0.4 is 0 Å². The van der Waals surface area contributed by atoms with Gasteiger partial charge in [0.05, 0.1) is 6.20 Å². The van der Waals surface area contributed by atoms with E-state index in [0.717, 1.165) is 43.6 Å². The molecule has 5 rings (SSSR count). The number of benzene rings is 2. The Labute approximate surface area is 186 Å². The number of aromatic nitrogens is 3. The third-order valence-electron chi connectivity index (χ3n) is 6.59. The number of aromatic amines is 1. The molecule has 3 heterocycles. The van der Waals surface area contributed by atoms with E-state index in [-0.39, 0.29) is 11.7 Å². The molecule has 0 spiro atoms. The van der Waals surface area contributed by atoms with Crippen molar-refractivity contribution in [1.82, 2.24) is 19.7 Å². The standard InChI is InChI=1S/C26H27FN4O/c27-24-4-2-1-3-20(24)6-8-26(32)30-12-9-19(10-13-30)18-31-14-11-22-15-21(5-7-25(22)31)23-16-28-29-17-23/h1-5,7,11,14-17,19H,6,8-10,12-13,18H2,(H,28,29). The monoisotopic (exact) mass is 430 g/mol. The zero-order valence-corrected chi connectivity index (χ0v) is 18.0. The molecule has 0 atom stereocenters. The first-order chi connectivity index (χ1) is 15.7. The van der Waals surface area contributed by atoms with Crippen molar-refractivity contribution >= 4 is 16.8 Å². The molecule has 1 saturated heterocycles. The minimum absolute atomic E-state index is 0.130. The smallest absolute Gasteiger partial charge is 0.222 e. The van der Waals surface area contributed by atoms with E-state index < -0.39 is 0 Å². The summed E-state index contributed by atoms with van der Waals surface area (Å²) in [4.78, 5) is 14.5. The van der Waals surface area contributed by atoms with Gasteiger partial charge in [0.1, 0.15) is 5.82 Å². The number of nitrogens with zero attached hydrogens (tertiary/aromatic N) is 3. The highest BCUT2D eigenvalue weighted by Gasteiger charge is 2.23. The zero-order valence-electron chi connectivity index (χ0n) is 18.0. The van der Waals surface area contributed by atoms with Crippen LogP contribution in [0.3, 0.4) is 0 Å². The lowest BCUT2D eigenvalue weighted by Crippen LogP contribution is -2.39. The molecule has 6 heteroatoms. The summed E-state index contributed by atoms with van der Waals surface area (Å²) in [5, 5.41) is 8.13. The van der Waals surface area contributed by atoms with Crippen LogP contribution in [0.1, 0.15) is 24.8 Å². The van der Waals surface area contributed by atoms with Crippen molar-refractivity contribution in [3.05, 3.63) is 78.5 Å². The molecule has 164 valence electrons. The van der Waals surface area contributed by atoms with Crippen LogP contribution in [0.15, 0.2) is 67.1 Å². The average Bonchev–Trinajstić information content (AvgIpc) is 3.49. The molecular formula is C26H27FN4O. The Hall–Kier alpha value is -3.41. The second kappa shape index (κ2) is 8.99. The molecule has 0 radical (unpaired) electrons. The summed E-state index contributed by atoms with van der Waals surface area (Å²) in [6.07, 6.45) is 8.73. The zero-order chi connectivity index (χ0) is 21.9. The van der Waals surface area contributed by atoms with E-state index in [1.54, 1.807) is 12.1 Å². The van der Waals surface area contributed by atoms with Crippen LogP contribution in [0.4, 0.5) is 4.39 Å². The molecule has 1 aliphatic heterocycles. The van der Waals surface area contributed by atoms with E-state index in [4.69, 9.17) is 0 Å². The van der Waals surface area contributed by atoms with Crippen LogP contribution >= 0.6 is 0 Å². The highest BCUT2D eigenvalue weighted by atomic mass is 19.1. The van der Waals surface area contributed by atoms with Gasteiger partial charge in [0.25, 0.3) is 0 Å². The SMILES string of the molecule is O=C(CCc1ccccc1F)N1CCC(Cn2ccc3cc(-c4cn[nH]c4)ccc32)CC1. The maximum atomic E-state index is 13.8. The van der Waals surface area contributed by atoms with Crippen LogP contribution in [-0.2, 0) is 17.8 Å². The van der Waals surface area contributed by atoms with E-state index >= 15 is 0 Å². The molecule has 1 amide bonds. The number of piperidine rings is 1. The number of likely N-dealkylation sites (tertiary alicyclic amines) is 1. The van der Waals surface area contributed by atoms with Gasteiger partial charge in [-0.1, -0.05) is 24.3 Å². The van der Waals surface area contributed by atoms with Crippen molar-refractivity contribution in [2.24, 2.45) is 5.92 Å². The fraction of sp³-hybridized carbons (Fsp3) is 0.308. The maximum absolute atomic E-state index is 13.8. The van der Waals surface area contributed by atoms with Gasteiger partial charge in [-0.3, -0.25) is 9.89 Å². The Kier molecular flexibility index (Phi) is 5.75. The van der Waals surface area contributed by atoms with Gasteiger partial charge in [0.2, 0.25) is 5.91 Å². The van der Waals surface area contributed by atoms with Crippen molar-refractivity contribution < 1.29 is 9.18 Å². The topological polar surface area (TPSA) is 53.9 Å². The van der Waals surface area contributed by atoms with Crippen molar-refractivity contribution in [2.75, 3.05) is 13.1 Å². The molecule has 5 nitrogen and oxygen atoms in total. The Morgan fingerprint density at radius 1 is 1.09 bits per heavy atom. The average molecular weight is 431 g/mol. The fourth-order valence-corrected chi connectivity index (χ4v) is 4.69. The molecular weight excluding hydrogens is 403 g/mol. The first kappa shape index (κ1) is 20.5. The molecule has 0 saturated carbocycles. The van der Waals surface area contributed by atoms with E-state index in [0.29, 0.717) is 24.3 Å². The van der Waals surface area contributed by atoms with E-state index in [1.165, 1.54) is 17.0 Å². The summed E-state index contributed by atoms with van der Waals surface area (Å²) in [5.74, 6) is 0.453. The number of amides is 1. The van der Waals surface area contributed by atoms with Crippen molar-refractivity contribution in [3.8, 4) is 11.1 Å². The molecule has 4 aromatic rings. The maximum Gasteiger partial charge on any atom is 0.222 e. The summed E-state index contributed by atoms with van der Waals surface area (Å²) in [7, 11) is 0. The van der Waals surface area contributed by atoms with Crippen LogP contribution in [0.2, 0.25) is 0 Å². The number of H-pyrrole nitrogens is 1. The normalized spacial score (nSPS) is 14.8. The first-order valence-corrected chi connectivity index (χ1v) is 11.3. The summed E-state index contributed by atoms with van der Waals surface area (Å²) in [5.41, 5.74) is 4.10. The van der Waals surface area contributed by atoms with Gasteiger partial charge in [0, 0.05) is 54.9 Å². The molecule has 1 aliphatic rings. The van der Waals surface area contributed by atoms with Crippen molar-refractivity contribution in [2.45, 2.75) is 32.2 Å². The largest absolute Gasteiger partial charge is 0.347 e. The third kappa shape index (κ3) is 4.31. The Bertz CT molecular complexity index is 1210. The summed E-state index contributed by atoms with van der Waals surface area (Å²) in [6.45, 7) is 2.53. The second-order valence-corrected chi connectivity index (χ2v) is 8.64. The van der Waals surface area contributed by atoms with Crippen LogP contribution in [0.25, 0.3) is 22.0 Å². The van der Waals surface area contributed by atoms with Gasteiger partial charge in [-0.25, -0.2) is 4.39 Å². The van der Waals surface area contributed by atoms with E-state index in [1.807, 2.05) is 23.4 Å². The molecule has 2 aromatic carbocycles. The van der Waals surface area contributed by atoms with Crippen molar-refractivity contribution in [1.29, 1.82) is 0 Å². The lowest BCUT2D eigenvalue weighted by atomic mass is 9.96. The number of rotatable bonds is 6. The quantitative estimate of drug-likeness (QED) is 0.466. The lowest BCUT2D eigenvalue weighted by molar-refractivity contribution is -0.132.